The van der Waals surface area contributed by atoms with Gasteiger partial charge in [-0.1, -0.05) is 12.1 Å². The van der Waals surface area contributed by atoms with Gasteiger partial charge in [0.1, 0.15) is 12.1 Å². The van der Waals surface area contributed by atoms with Gasteiger partial charge in [0.05, 0.1) is 0 Å². The fraction of sp³-hybridized carbons (Fsp3) is 0.150. The van der Waals surface area contributed by atoms with Gasteiger partial charge in [-0.25, -0.2) is 4.98 Å². The van der Waals surface area contributed by atoms with Crippen LogP contribution in [-0.2, 0) is 6.54 Å². The lowest BCUT2D eigenvalue weighted by molar-refractivity contribution is 0.0993. The monoisotopic (exact) mass is 373 g/mol. The van der Waals surface area contributed by atoms with Crippen LogP contribution in [0.1, 0.15) is 21.6 Å². The van der Waals surface area contributed by atoms with E-state index >= 15 is 0 Å². The summed E-state index contributed by atoms with van der Waals surface area (Å²) < 4.78 is 1.67. The second-order valence-corrected chi connectivity index (χ2v) is 6.37. The van der Waals surface area contributed by atoms with E-state index in [2.05, 4.69) is 25.4 Å². The number of nitrogens with one attached hydrogen (secondary N) is 1. The quantitative estimate of drug-likeness (QED) is 0.579. The third-order valence-electron chi connectivity index (χ3n) is 4.41. The van der Waals surface area contributed by atoms with Crippen molar-refractivity contribution in [2.75, 3.05) is 17.3 Å². The molecule has 0 aliphatic rings. The minimum Gasteiger partial charge on any atom is -0.366 e. The molecule has 3 heterocycles. The number of anilines is 2. The molecule has 4 aromatic rings. The van der Waals surface area contributed by atoms with E-state index in [4.69, 9.17) is 0 Å². The largest absolute Gasteiger partial charge is 0.366 e. The third kappa shape index (κ3) is 3.52. The predicted octanol–water partition coefficient (Wildman–Crippen LogP) is 2.72. The molecule has 0 aliphatic heterocycles. The van der Waals surface area contributed by atoms with E-state index in [0.29, 0.717) is 17.9 Å². The number of amides is 1. The van der Waals surface area contributed by atoms with E-state index < -0.39 is 0 Å². The molecule has 0 saturated carbocycles. The van der Waals surface area contributed by atoms with E-state index in [1.165, 1.54) is 6.33 Å². The van der Waals surface area contributed by atoms with E-state index in [1.807, 2.05) is 37.3 Å². The van der Waals surface area contributed by atoms with Gasteiger partial charge in [-0.05, 0) is 36.8 Å². The van der Waals surface area contributed by atoms with Gasteiger partial charge < -0.3 is 10.2 Å². The SMILES string of the molecule is Cc1cc(NCc2ccc(N(C)C(=O)c3ccncc3)cc2)n2ncnc2n1. The summed E-state index contributed by atoms with van der Waals surface area (Å²) in [6, 6.07) is 13.2. The number of nitrogens with zero attached hydrogens (tertiary/aromatic N) is 6. The highest BCUT2D eigenvalue weighted by Gasteiger charge is 2.13. The zero-order chi connectivity index (χ0) is 19.5. The predicted molar refractivity (Wildman–Crippen MR) is 106 cm³/mol. The Labute approximate surface area is 161 Å². The van der Waals surface area contributed by atoms with Crippen LogP contribution in [0.2, 0.25) is 0 Å². The minimum absolute atomic E-state index is 0.0749. The Morgan fingerprint density at radius 1 is 1.14 bits per heavy atom. The average molecular weight is 373 g/mol. The first kappa shape index (κ1) is 17.6. The Balaban J connectivity index is 1.46. The van der Waals surface area contributed by atoms with Crippen LogP contribution >= 0.6 is 0 Å². The molecule has 0 saturated heterocycles. The fourth-order valence-electron chi connectivity index (χ4n) is 2.89. The van der Waals surface area contributed by atoms with Gasteiger partial charge >= 0.3 is 0 Å². The van der Waals surface area contributed by atoms with Crippen LogP contribution in [-0.4, -0.2) is 37.5 Å². The lowest BCUT2D eigenvalue weighted by atomic mass is 10.1. The Kier molecular flexibility index (Phi) is 4.67. The lowest BCUT2D eigenvalue weighted by Gasteiger charge is -2.18. The Bertz CT molecular complexity index is 1110. The molecule has 28 heavy (non-hydrogen) atoms. The molecular weight excluding hydrogens is 354 g/mol. The molecule has 8 heteroatoms. The molecule has 0 spiro atoms. The number of pyridine rings is 1. The first-order chi connectivity index (χ1) is 13.6. The van der Waals surface area contributed by atoms with Gasteiger partial charge in [-0.3, -0.25) is 9.78 Å². The molecule has 1 aromatic carbocycles. The summed E-state index contributed by atoms with van der Waals surface area (Å²) in [4.78, 5) is 26.6. The van der Waals surface area contributed by atoms with Crippen LogP contribution in [0.25, 0.3) is 5.78 Å². The number of fused-ring (bicyclic) bond motifs is 1. The van der Waals surface area contributed by atoms with Crippen molar-refractivity contribution in [1.29, 1.82) is 0 Å². The maximum absolute atomic E-state index is 12.5. The van der Waals surface area contributed by atoms with Gasteiger partial charge in [-0.15, -0.1) is 0 Å². The van der Waals surface area contributed by atoms with Crippen LogP contribution in [0, 0.1) is 6.92 Å². The standard InChI is InChI=1S/C20H19N7O/c1-14-11-18(27-20(25-14)23-13-24-27)22-12-15-3-5-17(6-4-15)26(2)19(28)16-7-9-21-10-8-16/h3-11,13,22H,12H2,1-2H3. The summed E-state index contributed by atoms with van der Waals surface area (Å²) in [5, 5.41) is 7.55. The van der Waals surface area contributed by atoms with Crippen LogP contribution in [0.3, 0.4) is 0 Å². The molecule has 0 aliphatic carbocycles. The van der Waals surface area contributed by atoms with E-state index in [9.17, 15) is 4.79 Å². The van der Waals surface area contributed by atoms with Crippen molar-refractivity contribution >= 4 is 23.2 Å². The zero-order valence-corrected chi connectivity index (χ0v) is 15.6. The topological polar surface area (TPSA) is 88.3 Å². The Morgan fingerprint density at radius 3 is 2.64 bits per heavy atom. The Morgan fingerprint density at radius 2 is 1.89 bits per heavy atom. The fourth-order valence-corrected chi connectivity index (χ4v) is 2.89. The molecule has 0 atom stereocenters. The molecule has 1 N–H and O–H groups in total. The number of hydrogen-bond donors (Lipinski definition) is 1. The molecule has 3 aromatic heterocycles. The molecule has 140 valence electrons. The highest BCUT2D eigenvalue weighted by Crippen LogP contribution is 2.18. The molecule has 0 fully saturated rings. The van der Waals surface area contributed by atoms with Gasteiger partial charge in [0.15, 0.2) is 0 Å². The lowest BCUT2D eigenvalue weighted by Crippen LogP contribution is -2.26. The van der Waals surface area contributed by atoms with Crippen LogP contribution in [0.5, 0.6) is 0 Å². The van der Waals surface area contributed by atoms with Gasteiger partial charge in [0.2, 0.25) is 0 Å². The summed E-state index contributed by atoms with van der Waals surface area (Å²) in [7, 11) is 1.76. The average Bonchev–Trinajstić information content (AvgIpc) is 3.20. The molecule has 0 radical (unpaired) electrons. The molecule has 4 rings (SSSR count). The molecular formula is C20H19N7O. The summed E-state index contributed by atoms with van der Waals surface area (Å²) >= 11 is 0. The maximum atomic E-state index is 12.5. The summed E-state index contributed by atoms with van der Waals surface area (Å²) in [6.45, 7) is 2.53. The van der Waals surface area contributed by atoms with Crippen molar-refractivity contribution in [3.63, 3.8) is 0 Å². The van der Waals surface area contributed by atoms with Crippen LogP contribution in [0.15, 0.2) is 61.2 Å². The molecule has 1 amide bonds. The summed E-state index contributed by atoms with van der Waals surface area (Å²) in [6.07, 6.45) is 4.71. The van der Waals surface area contributed by atoms with Gasteiger partial charge in [0.25, 0.3) is 11.7 Å². The molecule has 8 nitrogen and oxygen atoms in total. The number of benzene rings is 1. The summed E-state index contributed by atoms with van der Waals surface area (Å²) in [5.41, 5.74) is 3.38. The highest BCUT2D eigenvalue weighted by molar-refractivity contribution is 6.05. The minimum atomic E-state index is -0.0749. The van der Waals surface area contributed by atoms with Crippen molar-refractivity contribution in [1.82, 2.24) is 24.6 Å². The van der Waals surface area contributed by atoms with E-state index in [-0.39, 0.29) is 5.91 Å². The number of carbonyl (C=O) groups excluding carboxylic acids is 1. The second-order valence-electron chi connectivity index (χ2n) is 6.37. The summed E-state index contributed by atoms with van der Waals surface area (Å²) in [5.74, 6) is 1.32. The first-order valence-corrected chi connectivity index (χ1v) is 8.80. The maximum Gasteiger partial charge on any atom is 0.258 e. The number of aromatic nitrogens is 5. The van der Waals surface area contributed by atoms with Crippen LogP contribution < -0.4 is 10.2 Å². The first-order valence-electron chi connectivity index (χ1n) is 8.80. The van der Waals surface area contributed by atoms with Gasteiger partial charge in [-0.2, -0.15) is 14.6 Å². The zero-order valence-electron chi connectivity index (χ0n) is 15.6. The van der Waals surface area contributed by atoms with Crippen LogP contribution in [0.4, 0.5) is 11.5 Å². The van der Waals surface area contributed by atoms with Crippen molar-refractivity contribution in [2.45, 2.75) is 13.5 Å². The molecule has 0 unspecified atom stereocenters. The van der Waals surface area contributed by atoms with Crippen molar-refractivity contribution in [2.24, 2.45) is 0 Å². The smallest absolute Gasteiger partial charge is 0.258 e. The Hall–Kier alpha value is -3.81. The van der Waals surface area contributed by atoms with E-state index in [1.54, 1.807) is 41.0 Å². The van der Waals surface area contributed by atoms with Crippen molar-refractivity contribution in [3.8, 4) is 0 Å². The van der Waals surface area contributed by atoms with Crippen molar-refractivity contribution in [3.05, 3.63) is 78.0 Å². The number of rotatable bonds is 5. The third-order valence-corrected chi connectivity index (χ3v) is 4.41. The van der Waals surface area contributed by atoms with Crippen molar-refractivity contribution < 1.29 is 4.79 Å². The highest BCUT2D eigenvalue weighted by atomic mass is 16.2. The normalized spacial score (nSPS) is 10.8. The molecule has 0 bridgehead atoms. The van der Waals surface area contributed by atoms with E-state index in [0.717, 1.165) is 22.8 Å². The number of aryl methyl sites for hydroxylation is 1. The number of hydrogen-bond acceptors (Lipinski definition) is 6. The number of carbonyl (C=O) groups is 1. The second kappa shape index (κ2) is 7.43. The van der Waals surface area contributed by atoms with Gasteiger partial charge in [0, 0.05) is 49.0 Å².